The molecule has 70 valence electrons. The smallest absolute Gasteiger partial charge is 0.211 e. The summed E-state index contributed by atoms with van der Waals surface area (Å²) in [6, 6.07) is 5.67. The van der Waals surface area contributed by atoms with Crippen LogP contribution in [0, 0.1) is 12.3 Å². The maximum Gasteiger partial charge on any atom is 0.211 e. The van der Waals surface area contributed by atoms with Gasteiger partial charge in [0, 0.05) is 5.56 Å². The lowest BCUT2D eigenvalue weighted by atomic mass is 9.89. The maximum absolute atomic E-state index is 11.7. The standard InChI is InChI=1S/C12H11NO/c1-7-3-4-10-9(5-7)6-8(2)11(13)12(10)14/h3-6,13H,1-2H3. The molecule has 14 heavy (non-hydrogen) atoms. The van der Waals surface area contributed by atoms with Crippen LogP contribution in [0.3, 0.4) is 0 Å². The summed E-state index contributed by atoms with van der Waals surface area (Å²) in [6.45, 7) is 3.79. The Labute approximate surface area is 82.8 Å². The Morgan fingerprint density at radius 2 is 1.93 bits per heavy atom. The van der Waals surface area contributed by atoms with Crippen molar-refractivity contribution >= 4 is 17.6 Å². The zero-order valence-electron chi connectivity index (χ0n) is 8.22. The van der Waals surface area contributed by atoms with E-state index in [0.29, 0.717) is 5.56 Å². The van der Waals surface area contributed by atoms with Crippen LogP contribution < -0.4 is 0 Å². The van der Waals surface area contributed by atoms with Gasteiger partial charge in [-0.3, -0.25) is 10.2 Å². The lowest BCUT2D eigenvalue weighted by Crippen LogP contribution is -2.19. The number of rotatable bonds is 0. The summed E-state index contributed by atoms with van der Waals surface area (Å²) in [5.74, 6) is -0.167. The highest BCUT2D eigenvalue weighted by molar-refractivity contribution is 6.52. The van der Waals surface area contributed by atoms with Crippen LogP contribution in [0.5, 0.6) is 0 Å². The Bertz CT molecular complexity index is 469. The highest BCUT2D eigenvalue weighted by Gasteiger charge is 2.21. The summed E-state index contributed by atoms with van der Waals surface area (Å²) in [6.07, 6.45) is 1.89. The number of carbonyl (C=O) groups excluding carboxylic acids is 1. The van der Waals surface area contributed by atoms with Crippen LogP contribution in [0.15, 0.2) is 23.8 Å². The van der Waals surface area contributed by atoms with Gasteiger partial charge in [-0.25, -0.2) is 0 Å². The van der Waals surface area contributed by atoms with Crippen molar-refractivity contribution in [1.82, 2.24) is 0 Å². The molecular weight excluding hydrogens is 174 g/mol. The lowest BCUT2D eigenvalue weighted by molar-refractivity contribution is 0.106. The molecule has 0 radical (unpaired) electrons. The highest BCUT2D eigenvalue weighted by Crippen LogP contribution is 2.22. The van der Waals surface area contributed by atoms with Gasteiger partial charge in [0.15, 0.2) is 0 Å². The van der Waals surface area contributed by atoms with Crippen molar-refractivity contribution in [1.29, 1.82) is 5.41 Å². The van der Waals surface area contributed by atoms with E-state index in [1.807, 2.05) is 25.1 Å². The quantitative estimate of drug-likeness (QED) is 0.663. The number of Topliss-reactive ketones (excluding diaryl/α,β-unsaturated/α-hetero) is 1. The van der Waals surface area contributed by atoms with E-state index >= 15 is 0 Å². The van der Waals surface area contributed by atoms with Gasteiger partial charge < -0.3 is 0 Å². The second kappa shape index (κ2) is 2.91. The zero-order chi connectivity index (χ0) is 10.3. The molecule has 0 fully saturated rings. The average Bonchev–Trinajstić information content (AvgIpc) is 2.14. The van der Waals surface area contributed by atoms with Crippen molar-refractivity contribution in [2.75, 3.05) is 0 Å². The van der Waals surface area contributed by atoms with Gasteiger partial charge in [-0.05, 0) is 31.1 Å². The van der Waals surface area contributed by atoms with Crippen LogP contribution in [0.4, 0.5) is 0 Å². The van der Waals surface area contributed by atoms with E-state index in [1.165, 1.54) is 0 Å². The number of ketones is 1. The Kier molecular flexibility index (Phi) is 1.84. The second-order valence-corrected chi connectivity index (χ2v) is 3.62. The Morgan fingerprint density at radius 1 is 1.21 bits per heavy atom. The summed E-state index contributed by atoms with van der Waals surface area (Å²) in [7, 11) is 0. The predicted octanol–water partition coefficient (Wildman–Crippen LogP) is 2.61. The SMILES string of the molecule is CC1=Cc2cc(C)ccc2C(=O)C1=N. The number of aryl methyl sites for hydroxylation is 1. The van der Waals surface area contributed by atoms with Gasteiger partial charge in [-0.15, -0.1) is 0 Å². The molecule has 0 amide bonds. The van der Waals surface area contributed by atoms with Gasteiger partial charge in [-0.1, -0.05) is 23.8 Å². The van der Waals surface area contributed by atoms with E-state index in [1.54, 1.807) is 13.0 Å². The first kappa shape index (κ1) is 8.88. The number of benzene rings is 1. The first-order chi connectivity index (χ1) is 6.59. The predicted molar refractivity (Wildman–Crippen MR) is 56.9 cm³/mol. The third-order valence-electron chi connectivity index (χ3n) is 2.45. The molecule has 2 rings (SSSR count). The largest absolute Gasteiger partial charge is 0.297 e. The van der Waals surface area contributed by atoms with Crippen LogP contribution in [-0.2, 0) is 0 Å². The van der Waals surface area contributed by atoms with Gasteiger partial charge in [0.2, 0.25) is 5.78 Å². The molecule has 0 aliphatic heterocycles. The first-order valence-electron chi connectivity index (χ1n) is 4.52. The molecule has 0 spiro atoms. The number of carbonyl (C=O) groups is 1. The molecule has 0 unspecified atom stereocenters. The van der Waals surface area contributed by atoms with Crippen molar-refractivity contribution in [3.63, 3.8) is 0 Å². The number of nitrogens with one attached hydrogen (secondary N) is 1. The number of hydrogen-bond donors (Lipinski definition) is 1. The zero-order valence-corrected chi connectivity index (χ0v) is 8.22. The van der Waals surface area contributed by atoms with E-state index in [0.717, 1.165) is 16.7 Å². The van der Waals surface area contributed by atoms with Crippen molar-refractivity contribution in [3.8, 4) is 0 Å². The molecule has 0 atom stereocenters. The molecule has 0 heterocycles. The summed E-state index contributed by atoms with van der Waals surface area (Å²) >= 11 is 0. The van der Waals surface area contributed by atoms with Crippen LogP contribution in [0.1, 0.15) is 28.4 Å². The van der Waals surface area contributed by atoms with Crippen molar-refractivity contribution in [2.24, 2.45) is 0 Å². The molecule has 1 aliphatic rings. The van der Waals surface area contributed by atoms with E-state index in [4.69, 9.17) is 5.41 Å². The molecule has 1 aliphatic carbocycles. The number of fused-ring (bicyclic) bond motifs is 1. The van der Waals surface area contributed by atoms with Crippen LogP contribution in [0.25, 0.3) is 6.08 Å². The van der Waals surface area contributed by atoms with Crippen LogP contribution in [0.2, 0.25) is 0 Å². The first-order valence-corrected chi connectivity index (χ1v) is 4.52. The Balaban J connectivity index is 2.69. The van der Waals surface area contributed by atoms with Crippen LogP contribution in [-0.4, -0.2) is 11.5 Å². The summed E-state index contributed by atoms with van der Waals surface area (Å²) < 4.78 is 0. The fraction of sp³-hybridized carbons (Fsp3) is 0.167. The molecule has 2 heteroatoms. The molecule has 1 aromatic rings. The fourth-order valence-electron chi connectivity index (χ4n) is 1.63. The molecule has 0 aromatic heterocycles. The van der Waals surface area contributed by atoms with Gasteiger partial charge >= 0.3 is 0 Å². The average molecular weight is 185 g/mol. The normalized spacial score (nSPS) is 15.1. The number of allylic oxidation sites excluding steroid dienone is 1. The molecule has 1 aromatic carbocycles. The van der Waals surface area contributed by atoms with E-state index in [2.05, 4.69) is 0 Å². The molecule has 2 nitrogen and oxygen atoms in total. The minimum atomic E-state index is -0.167. The van der Waals surface area contributed by atoms with E-state index in [9.17, 15) is 4.79 Å². The molecule has 1 N–H and O–H groups in total. The van der Waals surface area contributed by atoms with Crippen LogP contribution >= 0.6 is 0 Å². The van der Waals surface area contributed by atoms with E-state index in [-0.39, 0.29) is 11.5 Å². The van der Waals surface area contributed by atoms with Gasteiger partial charge in [0.05, 0.1) is 0 Å². The minimum Gasteiger partial charge on any atom is -0.297 e. The summed E-state index contributed by atoms with van der Waals surface area (Å²) in [5.41, 5.74) is 3.57. The number of hydrogen-bond acceptors (Lipinski definition) is 2. The third kappa shape index (κ3) is 1.20. The van der Waals surface area contributed by atoms with Crippen molar-refractivity contribution in [3.05, 3.63) is 40.5 Å². The monoisotopic (exact) mass is 185 g/mol. The topological polar surface area (TPSA) is 40.9 Å². The Hall–Kier alpha value is -1.70. The van der Waals surface area contributed by atoms with Gasteiger partial charge in [0.25, 0.3) is 0 Å². The minimum absolute atomic E-state index is 0.112. The fourth-order valence-corrected chi connectivity index (χ4v) is 1.63. The van der Waals surface area contributed by atoms with Gasteiger partial charge in [-0.2, -0.15) is 0 Å². The third-order valence-corrected chi connectivity index (χ3v) is 2.45. The van der Waals surface area contributed by atoms with Crippen molar-refractivity contribution < 1.29 is 4.79 Å². The maximum atomic E-state index is 11.7. The van der Waals surface area contributed by atoms with E-state index < -0.39 is 0 Å². The molecule has 0 bridgehead atoms. The second-order valence-electron chi connectivity index (χ2n) is 3.62. The lowest BCUT2D eigenvalue weighted by Gasteiger charge is -2.14. The molecular formula is C12H11NO. The Morgan fingerprint density at radius 3 is 2.64 bits per heavy atom. The highest BCUT2D eigenvalue weighted by atomic mass is 16.1. The van der Waals surface area contributed by atoms with Gasteiger partial charge in [0.1, 0.15) is 5.71 Å². The molecule has 0 saturated carbocycles. The summed E-state index contributed by atoms with van der Waals surface area (Å²) in [4.78, 5) is 11.7. The summed E-state index contributed by atoms with van der Waals surface area (Å²) in [5, 5.41) is 7.57. The van der Waals surface area contributed by atoms with Crippen molar-refractivity contribution in [2.45, 2.75) is 13.8 Å². The molecule has 0 saturated heterocycles.